The van der Waals surface area contributed by atoms with Crippen LogP contribution < -0.4 is 4.74 Å². The average Bonchev–Trinajstić information content (AvgIpc) is 3.19. The molecule has 2 nitrogen and oxygen atoms in total. The van der Waals surface area contributed by atoms with Gasteiger partial charge >= 0.3 is 0 Å². The number of hydrogen-bond acceptors (Lipinski definition) is 2. The van der Waals surface area contributed by atoms with Crippen molar-refractivity contribution in [1.82, 2.24) is 4.57 Å². The lowest BCUT2D eigenvalue weighted by molar-refractivity contribution is 0.138. The molecule has 0 amide bonds. The third-order valence-corrected chi connectivity index (χ3v) is 15.7. The van der Waals surface area contributed by atoms with E-state index in [1.165, 1.54) is 48.8 Å². The molecular formula is C33H51NOSi. The molecule has 5 atom stereocenters. The zero-order valence-corrected chi connectivity index (χ0v) is 25.7. The molecule has 0 heterocycles. The number of ether oxygens (including phenoxy) is 1. The predicted molar refractivity (Wildman–Crippen MR) is 157 cm³/mol. The van der Waals surface area contributed by atoms with Gasteiger partial charge in [0.25, 0.3) is 0 Å². The van der Waals surface area contributed by atoms with E-state index in [1.54, 1.807) is 12.7 Å². The van der Waals surface area contributed by atoms with E-state index >= 15 is 0 Å². The Bertz CT molecular complexity index is 1070. The second kappa shape index (κ2) is 8.87. The van der Waals surface area contributed by atoms with Crippen LogP contribution >= 0.6 is 0 Å². The molecule has 0 radical (unpaired) electrons. The van der Waals surface area contributed by atoms with Gasteiger partial charge in [0.1, 0.15) is 14.0 Å². The van der Waals surface area contributed by atoms with E-state index in [0.29, 0.717) is 11.8 Å². The van der Waals surface area contributed by atoms with Crippen LogP contribution in [0.25, 0.3) is 5.57 Å². The fraction of sp³-hybridized carbons (Fsp3) is 0.697. The maximum atomic E-state index is 5.63. The SMILES string of the molecule is COc1ccc2c(c1)C(C)(C)C1=CC3C(C)C(C)C([Si](C)(C)N(C4CCCCC4)C(C)(C)C)C3C=C12. The molecule has 0 aliphatic heterocycles. The third kappa shape index (κ3) is 3.90. The predicted octanol–water partition coefficient (Wildman–Crippen LogP) is 8.84. The molecule has 0 aromatic heterocycles. The Morgan fingerprint density at radius 3 is 2.22 bits per heavy atom. The van der Waals surface area contributed by atoms with Gasteiger partial charge in [-0.1, -0.05) is 78.3 Å². The molecule has 5 unspecified atom stereocenters. The van der Waals surface area contributed by atoms with Crippen molar-refractivity contribution < 1.29 is 4.74 Å². The lowest BCUT2D eigenvalue weighted by Crippen LogP contribution is -2.65. The number of rotatable bonds is 4. The van der Waals surface area contributed by atoms with Crippen molar-refractivity contribution in [2.75, 3.05) is 7.11 Å². The second-order valence-corrected chi connectivity index (χ2v) is 19.0. The summed E-state index contributed by atoms with van der Waals surface area (Å²) in [4.78, 5) is 0. The summed E-state index contributed by atoms with van der Waals surface area (Å²) in [5, 5.41) is 0. The highest BCUT2D eigenvalue weighted by Crippen LogP contribution is 2.62. The van der Waals surface area contributed by atoms with Gasteiger partial charge in [-0.15, -0.1) is 0 Å². The first-order chi connectivity index (χ1) is 16.8. The Hall–Kier alpha value is -1.32. The Labute approximate surface area is 222 Å². The van der Waals surface area contributed by atoms with E-state index in [2.05, 4.69) is 96.5 Å². The normalized spacial score (nSPS) is 32.0. The van der Waals surface area contributed by atoms with E-state index < -0.39 is 8.24 Å². The summed E-state index contributed by atoms with van der Waals surface area (Å²) in [5.74, 6) is 3.75. The highest BCUT2D eigenvalue weighted by molar-refractivity contribution is 6.76. The van der Waals surface area contributed by atoms with Crippen molar-refractivity contribution in [3.05, 3.63) is 47.1 Å². The quantitative estimate of drug-likeness (QED) is 0.379. The summed E-state index contributed by atoms with van der Waals surface area (Å²) in [5.41, 5.74) is 6.99. The maximum absolute atomic E-state index is 5.63. The van der Waals surface area contributed by atoms with Crippen LogP contribution in [-0.4, -0.2) is 31.5 Å². The Morgan fingerprint density at radius 1 is 0.944 bits per heavy atom. The van der Waals surface area contributed by atoms with Crippen LogP contribution in [0, 0.1) is 23.7 Å². The zero-order valence-electron chi connectivity index (χ0n) is 24.7. The van der Waals surface area contributed by atoms with Gasteiger partial charge in [-0.3, -0.25) is 0 Å². The topological polar surface area (TPSA) is 12.5 Å². The van der Waals surface area contributed by atoms with Crippen LogP contribution in [0.5, 0.6) is 5.75 Å². The van der Waals surface area contributed by atoms with Gasteiger partial charge in [0.05, 0.1) is 7.11 Å². The lowest BCUT2D eigenvalue weighted by atomic mass is 9.75. The number of benzene rings is 1. The first-order valence-corrected chi connectivity index (χ1v) is 17.8. The lowest BCUT2D eigenvalue weighted by Gasteiger charge is -2.56. The summed E-state index contributed by atoms with van der Waals surface area (Å²) in [7, 11) is 0.00293. The molecule has 4 aliphatic rings. The van der Waals surface area contributed by atoms with E-state index in [9.17, 15) is 0 Å². The highest BCUT2D eigenvalue weighted by Gasteiger charge is 2.58. The van der Waals surface area contributed by atoms with Crippen LogP contribution in [0.3, 0.4) is 0 Å². The summed E-state index contributed by atoms with van der Waals surface area (Å²) in [6.07, 6.45) is 12.5. The number of allylic oxidation sites excluding steroid dienone is 4. The fourth-order valence-electron chi connectivity index (χ4n) is 9.48. The molecule has 2 saturated carbocycles. The smallest absolute Gasteiger partial charge is 0.127 e. The number of nitrogens with zero attached hydrogens (tertiary/aromatic N) is 1. The largest absolute Gasteiger partial charge is 0.497 e. The van der Waals surface area contributed by atoms with Crippen LogP contribution in [0.2, 0.25) is 18.6 Å². The molecule has 0 saturated heterocycles. The number of hydrogen-bond donors (Lipinski definition) is 0. The minimum atomic E-state index is -1.78. The summed E-state index contributed by atoms with van der Waals surface area (Å²) >= 11 is 0. The zero-order chi connectivity index (χ0) is 26.2. The van der Waals surface area contributed by atoms with Gasteiger partial charge in [0, 0.05) is 17.0 Å². The molecule has 5 rings (SSSR count). The summed E-state index contributed by atoms with van der Waals surface area (Å²) in [6.45, 7) is 23.0. The molecule has 4 aliphatic carbocycles. The standard InChI is InChI=1S/C33H51NOSi/c1-21-22(2)31(36(9,10)34(32(3,4)5)23-14-12-11-13-15-23)28-19-27-25-17-16-24(35-8)18-29(25)33(6,7)30(27)20-26(21)28/h16-23,26,28,31H,11-15H2,1-10H3. The van der Waals surface area contributed by atoms with Gasteiger partial charge < -0.3 is 9.30 Å². The van der Waals surface area contributed by atoms with Gasteiger partial charge in [-0.25, -0.2) is 0 Å². The first kappa shape index (κ1) is 26.3. The molecular weight excluding hydrogens is 454 g/mol. The molecule has 1 aromatic rings. The molecule has 36 heavy (non-hydrogen) atoms. The van der Waals surface area contributed by atoms with Gasteiger partial charge in [0.2, 0.25) is 0 Å². The molecule has 198 valence electrons. The van der Waals surface area contributed by atoms with Crippen LogP contribution in [0.1, 0.15) is 91.7 Å². The minimum absolute atomic E-state index is 0.0359. The summed E-state index contributed by atoms with van der Waals surface area (Å²) < 4.78 is 8.75. The molecule has 0 bridgehead atoms. The van der Waals surface area contributed by atoms with Crippen molar-refractivity contribution in [1.29, 1.82) is 0 Å². The van der Waals surface area contributed by atoms with Crippen LogP contribution in [0.4, 0.5) is 0 Å². The van der Waals surface area contributed by atoms with Gasteiger partial charge in [-0.2, -0.15) is 0 Å². The third-order valence-electron chi connectivity index (χ3n) is 10.8. The molecule has 3 heteroatoms. The van der Waals surface area contributed by atoms with Gasteiger partial charge in [0.15, 0.2) is 0 Å². The Balaban J connectivity index is 1.59. The molecule has 0 N–H and O–H groups in total. The summed E-state index contributed by atoms with van der Waals surface area (Å²) in [6, 6.07) is 7.54. The van der Waals surface area contributed by atoms with Crippen molar-refractivity contribution in [3.63, 3.8) is 0 Å². The number of fused-ring (bicyclic) bond motifs is 4. The van der Waals surface area contributed by atoms with Crippen molar-refractivity contribution in [3.8, 4) is 5.75 Å². The monoisotopic (exact) mass is 505 g/mol. The van der Waals surface area contributed by atoms with Crippen molar-refractivity contribution >= 4 is 13.8 Å². The van der Waals surface area contributed by atoms with E-state index in [0.717, 1.165) is 29.2 Å². The van der Waals surface area contributed by atoms with Gasteiger partial charge in [-0.05, 0) is 97.2 Å². The number of methoxy groups -OCH3 is 1. The van der Waals surface area contributed by atoms with Crippen LogP contribution in [-0.2, 0) is 5.41 Å². The molecule has 2 fully saturated rings. The van der Waals surface area contributed by atoms with Crippen molar-refractivity contribution in [2.45, 2.75) is 116 Å². The molecule has 0 spiro atoms. The fourth-order valence-corrected chi connectivity index (χ4v) is 15.6. The average molecular weight is 506 g/mol. The van der Waals surface area contributed by atoms with Crippen molar-refractivity contribution in [2.24, 2.45) is 23.7 Å². The van der Waals surface area contributed by atoms with E-state index in [1.807, 2.05) is 0 Å². The highest BCUT2D eigenvalue weighted by atomic mass is 28.3. The van der Waals surface area contributed by atoms with E-state index in [4.69, 9.17) is 4.74 Å². The Kier molecular flexibility index (Phi) is 6.48. The second-order valence-electron chi connectivity index (χ2n) is 14.6. The maximum Gasteiger partial charge on any atom is 0.127 e. The van der Waals surface area contributed by atoms with Crippen LogP contribution in [0.15, 0.2) is 35.9 Å². The van der Waals surface area contributed by atoms with E-state index in [-0.39, 0.29) is 11.0 Å². The Morgan fingerprint density at radius 2 is 1.61 bits per heavy atom. The minimum Gasteiger partial charge on any atom is -0.497 e. The first-order valence-electron chi connectivity index (χ1n) is 14.7. The molecule has 1 aromatic carbocycles.